The Balaban J connectivity index is 1.79. The highest BCUT2D eigenvalue weighted by atomic mass is 32.1. The molecule has 0 unspecified atom stereocenters. The maximum absolute atomic E-state index is 11.9. The zero-order valence-electron chi connectivity index (χ0n) is 10.5. The molecule has 2 aromatic heterocycles. The second kappa shape index (κ2) is 4.85. The molecule has 0 aliphatic carbocycles. The molecule has 4 nitrogen and oxygen atoms in total. The molecule has 19 heavy (non-hydrogen) atoms. The van der Waals surface area contributed by atoms with E-state index in [1.807, 2.05) is 28.3 Å². The number of rotatable bonds is 3. The van der Waals surface area contributed by atoms with Crippen LogP contribution < -0.4 is 5.32 Å². The van der Waals surface area contributed by atoms with E-state index in [1.165, 1.54) is 16.9 Å². The number of thiazole rings is 1. The van der Waals surface area contributed by atoms with Crippen LogP contribution >= 0.6 is 11.3 Å². The minimum atomic E-state index is -0.0620. The van der Waals surface area contributed by atoms with Gasteiger partial charge in [-0.15, -0.1) is 11.3 Å². The molecule has 0 saturated heterocycles. The van der Waals surface area contributed by atoms with Gasteiger partial charge in [0.1, 0.15) is 6.54 Å². The van der Waals surface area contributed by atoms with Gasteiger partial charge in [0, 0.05) is 23.3 Å². The second-order valence-corrected chi connectivity index (χ2v) is 5.29. The van der Waals surface area contributed by atoms with Crippen LogP contribution in [0.15, 0.2) is 42.0 Å². The lowest BCUT2D eigenvalue weighted by molar-refractivity contribution is -0.116. The number of fused-ring (bicyclic) bond motifs is 1. The topological polar surface area (TPSA) is 46.9 Å². The van der Waals surface area contributed by atoms with E-state index in [0.717, 1.165) is 10.9 Å². The van der Waals surface area contributed by atoms with Crippen LogP contribution in [0.2, 0.25) is 0 Å². The van der Waals surface area contributed by atoms with Crippen molar-refractivity contribution in [3.8, 4) is 0 Å². The van der Waals surface area contributed by atoms with Gasteiger partial charge in [-0.2, -0.15) is 0 Å². The van der Waals surface area contributed by atoms with Crippen LogP contribution in [0.4, 0.5) is 5.13 Å². The zero-order chi connectivity index (χ0) is 13.2. The minimum Gasteiger partial charge on any atom is -0.338 e. The van der Waals surface area contributed by atoms with Crippen molar-refractivity contribution in [3.05, 3.63) is 47.6 Å². The van der Waals surface area contributed by atoms with E-state index in [2.05, 4.69) is 29.4 Å². The van der Waals surface area contributed by atoms with E-state index in [1.54, 1.807) is 6.20 Å². The number of benzene rings is 1. The Kier molecular flexibility index (Phi) is 3.05. The monoisotopic (exact) mass is 271 g/mol. The van der Waals surface area contributed by atoms with Gasteiger partial charge in [-0.3, -0.25) is 4.79 Å². The Labute approximate surface area is 114 Å². The fraction of sp³-hybridized carbons (Fsp3) is 0.143. The highest BCUT2D eigenvalue weighted by molar-refractivity contribution is 7.13. The van der Waals surface area contributed by atoms with Crippen molar-refractivity contribution in [1.29, 1.82) is 0 Å². The van der Waals surface area contributed by atoms with Gasteiger partial charge in [0.05, 0.1) is 0 Å². The first-order valence-electron chi connectivity index (χ1n) is 5.97. The van der Waals surface area contributed by atoms with Crippen molar-refractivity contribution in [1.82, 2.24) is 9.55 Å². The third kappa shape index (κ3) is 2.51. The van der Waals surface area contributed by atoms with Crippen LogP contribution in [0, 0.1) is 6.92 Å². The van der Waals surface area contributed by atoms with Gasteiger partial charge in [-0.05, 0) is 30.5 Å². The van der Waals surface area contributed by atoms with Gasteiger partial charge >= 0.3 is 0 Å². The molecule has 5 heteroatoms. The van der Waals surface area contributed by atoms with Crippen LogP contribution in [-0.2, 0) is 11.3 Å². The normalized spacial score (nSPS) is 10.8. The minimum absolute atomic E-state index is 0.0620. The van der Waals surface area contributed by atoms with E-state index >= 15 is 0 Å². The van der Waals surface area contributed by atoms with Gasteiger partial charge in [-0.25, -0.2) is 4.98 Å². The number of anilines is 1. The Bertz CT molecular complexity index is 715. The third-order valence-electron chi connectivity index (χ3n) is 2.92. The molecule has 3 rings (SSSR count). The van der Waals surface area contributed by atoms with E-state index in [-0.39, 0.29) is 5.91 Å². The van der Waals surface area contributed by atoms with E-state index in [0.29, 0.717) is 11.7 Å². The zero-order valence-corrected chi connectivity index (χ0v) is 11.3. The SMILES string of the molecule is Cc1ccc2c(ccn2CC(=O)Nc2nccs2)c1. The number of carbonyl (C=O) groups is 1. The number of aromatic nitrogens is 2. The van der Waals surface area contributed by atoms with Crippen LogP contribution in [0.3, 0.4) is 0 Å². The molecule has 0 atom stereocenters. The summed E-state index contributed by atoms with van der Waals surface area (Å²) >= 11 is 1.42. The van der Waals surface area contributed by atoms with Gasteiger partial charge in [0.25, 0.3) is 0 Å². The summed E-state index contributed by atoms with van der Waals surface area (Å²) in [6, 6.07) is 8.24. The Hall–Kier alpha value is -2.14. The number of amides is 1. The highest BCUT2D eigenvalue weighted by Gasteiger charge is 2.07. The maximum atomic E-state index is 11.9. The number of carbonyl (C=O) groups excluding carboxylic acids is 1. The molecular weight excluding hydrogens is 258 g/mol. The molecule has 96 valence electrons. The molecule has 3 aromatic rings. The van der Waals surface area contributed by atoms with Crippen molar-refractivity contribution < 1.29 is 4.79 Å². The summed E-state index contributed by atoms with van der Waals surface area (Å²) in [4.78, 5) is 16.0. The summed E-state index contributed by atoms with van der Waals surface area (Å²) in [6.45, 7) is 2.36. The Morgan fingerprint density at radius 1 is 1.42 bits per heavy atom. The fourth-order valence-electron chi connectivity index (χ4n) is 2.06. The maximum Gasteiger partial charge on any atom is 0.246 e. The predicted octanol–water partition coefficient (Wildman–Crippen LogP) is 3.04. The summed E-state index contributed by atoms with van der Waals surface area (Å²) < 4.78 is 1.94. The van der Waals surface area contributed by atoms with Gasteiger partial charge in [0.15, 0.2) is 5.13 Å². The summed E-state index contributed by atoms with van der Waals surface area (Å²) in [7, 11) is 0. The average Bonchev–Trinajstić information content (AvgIpc) is 2.99. The van der Waals surface area contributed by atoms with Crippen LogP contribution in [0.5, 0.6) is 0 Å². The van der Waals surface area contributed by atoms with Crippen molar-refractivity contribution in [3.63, 3.8) is 0 Å². The smallest absolute Gasteiger partial charge is 0.246 e. The summed E-state index contributed by atoms with van der Waals surface area (Å²) in [5.41, 5.74) is 2.29. The van der Waals surface area contributed by atoms with Crippen molar-refractivity contribution >= 4 is 33.3 Å². The Morgan fingerprint density at radius 2 is 2.32 bits per heavy atom. The van der Waals surface area contributed by atoms with E-state index in [9.17, 15) is 4.79 Å². The average molecular weight is 271 g/mol. The predicted molar refractivity (Wildman–Crippen MR) is 77.4 cm³/mol. The fourth-order valence-corrected chi connectivity index (χ4v) is 2.60. The van der Waals surface area contributed by atoms with Crippen molar-refractivity contribution in [2.75, 3.05) is 5.32 Å². The van der Waals surface area contributed by atoms with Crippen LogP contribution in [-0.4, -0.2) is 15.5 Å². The van der Waals surface area contributed by atoms with Gasteiger partial charge < -0.3 is 9.88 Å². The quantitative estimate of drug-likeness (QED) is 0.796. The number of hydrogen-bond acceptors (Lipinski definition) is 3. The first-order valence-corrected chi connectivity index (χ1v) is 6.85. The molecule has 0 aliphatic heterocycles. The van der Waals surface area contributed by atoms with Crippen molar-refractivity contribution in [2.24, 2.45) is 0 Å². The molecule has 1 N–H and O–H groups in total. The molecule has 0 saturated carbocycles. The number of nitrogens with one attached hydrogen (secondary N) is 1. The number of nitrogens with zero attached hydrogens (tertiary/aromatic N) is 2. The number of aryl methyl sites for hydroxylation is 1. The largest absolute Gasteiger partial charge is 0.338 e. The lowest BCUT2D eigenvalue weighted by atomic mass is 10.2. The molecule has 1 amide bonds. The molecule has 0 spiro atoms. The molecule has 0 radical (unpaired) electrons. The molecular formula is C14H13N3OS. The van der Waals surface area contributed by atoms with E-state index in [4.69, 9.17) is 0 Å². The highest BCUT2D eigenvalue weighted by Crippen LogP contribution is 2.17. The lowest BCUT2D eigenvalue weighted by Gasteiger charge is -2.05. The third-order valence-corrected chi connectivity index (χ3v) is 3.61. The summed E-state index contributed by atoms with van der Waals surface area (Å²) in [6.07, 6.45) is 3.61. The second-order valence-electron chi connectivity index (χ2n) is 4.39. The molecule has 2 heterocycles. The van der Waals surface area contributed by atoms with Crippen LogP contribution in [0.1, 0.15) is 5.56 Å². The molecule has 0 fully saturated rings. The molecule has 0 bridgehead atoms. The van der Waals surface area contributed by atoms with Gasteiger partial charge in [0.2, 0.25) is 5.91 Å². The van der Waals surface area contributed by atoms with E-state index < -0.39 is 0 Å². The standard InChI is InChI=1S/C14H13N3OS/c1-10-2-3-12-11(8-10)4-6-17(12)9-13(18)16-14-15-5-7-19-14/h2-8H,9H2,1H3,(H,15,16,18). The first-order chi connectivity index (χ1) is 9.22. The Morgan fingerprint density at radius 3 is 3.11 bits per heavy atom. The lowest BCUT2D eigenvalue weighted by Crippen LogP contribution is -2.17. The van der Waals surface area contributed by atoms with Gasteiger partial charge in [-0.1, -0.05) is 11.6 Å². The van der Waals surface area contributed by atoms with Crippen molar-refractivity contribution in [2.45, 2.75) is 13.5 Å². The number of hydrogen-bond donors (Lipinski definition) is 1. The molecule has 1 aromatic carbocycles. The summed E-state index contributed by atoms with van der Waals surface area (Å²) in [5.74, 6) is -0.0620. The molecule has 0 aliphatic rings. The summed E-state index contributed by atoms with van der Waals surface area (Å²) in [5, 5.41) is 6.41. The van der Waals surface area contributed by atoms with Crippen LogP contribution in [0.25, 0.3) is 10.9 Å². The first kappa shape index (κ1) is 11.9.